The van der Waals surface area contributed by atoms with Gasteiger partial charge < -0.3 is 9.13 Å². The van der Waals surface area contributed by atoms with Gasteiger partial charge >= 0.3 is 0 Å². The van der Waals surface area contributed by atoms with Crippen LogP contribution in [-0.4, -0.2) is 17.2 Å². The Bertz CT molecular complexity index is 3100. The molecule has 0 atom stereocenters. The van der Waals surface area contributed by atoms with Crippen molar-refractivity contribution in [1.82, 2.24) is 9.13 Å². The van der Waals surface area contributed by atoms with Crippen molar-refractivity contribution in [3.63, 3.8) is 0 Å². The summed E-state index contributed by atoms with van der Waals surface area (Å²) < 4.78 is 4.96. The fraction of sp³-hybridized carbons (Fsp3) is 0. The molecule has 0 unspecified atom stereocenters. The molecule has 9 aromatic carbocycles. The number of nitrogens with zero attached hydrogens (tertiary/aromatic N) is 2. The molecule has 0 saturated carbocycles. The molecule has 0 aliphatic heterocycles. The van der Waals surface area contributed by atoms with Crippen LogP contribution < -0.4 is 20.7 Å². The third-order valence-corrected chi connectivity index (χ3v) is 16.7. The molecule has 0 aliphatic rings. The minimum Gasteiger partial charge on any atom is -0.309 e. The van der Waals surface area contributed by atoms with Gasteiger partial charge in [-0.3, -0.25) is 0 Å². The first-order chi connectivity index (χ1) is 28.3. The zero-order valence-corrected chi connectivity index (χ0v) is 32.3. The van der Waals surface area contributed by atoms with Crippen LogP contribution >= 0.6 is 0 Å². The zero-order chi connectivity index (χ0) is 37.8. The Balaban J connectivity index is 1.22. The first-order valence-electron chi connectivity index (χ1n) is 19.7. The summed E-state index contributed by atoms with van der Waals surface area (Å²) in [6.07, 6.45) is 0. The summed E-state index contributed by atoms with van der Waals surface area (Å²) in [5.41, 5.74) is 9.55. The number of hydrogen-bond acceptors (Lipinski definition) is 0. The van der Waals surface area contributed by atoms with Gasteiger partial charge in [-0.05, 0) is 74.3 Å². The van der Waals surface area contributed by atoms with Gasteiger partial charge in [0.15, 0.2) is 8.07 Å². The van der Waals surface area contributed by atoms with Crippen molar-refractivity contribution in [3.8, 4) is 22.5 Å². The predicted octanol–water partition coefficient (Wildman–Crippen LogP) is 10.9. The van der Waals surface area contributed by atoms with E-state index in [2.05, 4.69) is 240 Å². The third kappa shape index (κ3) is 5.10. The van der Waals surface area contributed by atoms with Gasteiger partial charge in [-0.1, -0.05) is 188 Å². The topological polar surface area (TPSA) is 9.86 Å². The highest BCUT2D eigenvalue weighted by molar-refractivity contribution is 7.20. The fourth-order valence-corrected chi connectivity index (χ4v) is 14.5. The Morgan fingerprint density at radius 1 is 0.281 bits per heavy atom. The number of rotatable bonds is 7. The van der Waals surface area contributed by atoms with E-state index in [1.807, 2.05) is 0 Å². The lowest BCUT2D eigenvalue weighted by molar-refractivity contribution is 1.17. The van der Waals surface area contributed by atoms with Crippen molar-refractivity contribution in [2.45, 2.75) is 0 Å². The molecule has 11 aromatic rings. The maximum Gasteiger partial charge on any atom is 0.180 e. The Hall–Kier alpha value is -7.20. The van der Waals surface area contributed by atoms with Crippen molar-refractivity contribution < 1.29 is 0 Å². The summed E-state index contributed by atoms with van der Waals surface area (Å²) in [5.74, 6) is 0. The molecule has 0 N–H and O–H groups in total. The average molecular weight is 743 g/mol. The lowest BCUT2D eigenvalue weighted by atomic mass is 10.1. The molecule has 0 aliphatic carbocycles. The number of hydrogen-bond donors (Lipinski definition) is 0. The first kappa shape index (κ1) is 33.2. The molecule has 3 heteroatoms. The highest BCUT2D eigenvalue weighted by atomic mass is 28.3. The Kier molecular flexibility index (Phi) is 7.87. The van der Waals surface area contributed by atoms with Crippen molar-refractivity contribution in [2.75, 3.05) is 0 Å². The van der Waals surface area contributed by atoms with Gasteiger partial charge in [0.05, 0.1) is 27.8 Å². The van der Waals surface area contributed by atoms with Crippen LogP contribution in [-0.2, 0) is 0 Å². The largest absolute Gasteiger partial charge is 0.309 e. The standard InChI is InChI=1S/C54H38N2Si/c1-5-19-39(20-6-1)40-35-37-41(38-36-40)55-47-29-15-13-27-45(47)53-49(55)31-17-32-50(53)56-48-30-16-14-28-46(48)54-51(56)33-18-34-52(54)57(42-21-7-2-8-22-42,43-23-9-3-10-24-43)44-25-11-4-12-26-44/h1-38H. The van der Waals surface area contributed by atoms with Crippen LogP contribution in [0.5, 0.6) is 0 Å². The average Bonchev–Trinajstić information content (AvgIpc) is 3.82. The van der Waals surface area contributed by atoms with Crippen molar-refractivity contribution >= 4 is 72.4 Å². The van der Waals surface area contributed by atoms with Gasteiger partial charge in [0.25, 0.3) is 0 Å². The van der Waals surface area contributed by atoms with E-state index in [4.69, 9.17) is 0 Å². The van der Waals surface area contributed by atoms with Crippen LogP contribution in [0.25, 0.3) is 66.1 Å². The highest BCUT2D eigenvalue weighted by Gasteiger charge is 2.43. The molecule has 11 rings (SSSR count). The first-order valence-corrected chi connectivity index (χ1v) is 21.7. The second-order valence-corrected chi connectivity index (χ2v) is 18.6. The quantitative estimate of drug-likeness (QED) is 0.114. The normalized spacial score (nSPS) is 11.9. The Morgan fingerprint density at radius 2 is 0.702 bits per heavy atom. The van der Waals surface area contributed by atoms with Crippen molar-refractivity contribution in [1.29, 1.82) is 0 Å². The molecule has 57 heavy (non-hydrogen) atoms. The van der Waals surface area contributed by atoms with E-state index >= 15 is 0 Å². The maximum absolute atomic E-state index is 2.85. The third-order valence-electron chi connectivity index (χ3n) is 11.9. The number of aromatic nitrogens is 2. The van der Waals surface area contributed by atoms with Crippen LogP contribution in [0.1, 0.15) is 0 Å². The monoisotopic (exact) mass is 742 g/mol. The fourth-order valence-electron chi connectivity index (χ4n) is 9.52. The summed E-state index contributed by atoms with van der Waals surface area (Å²) >= 11 is 0. The molecule has 0 spiro atoms. The molecule has 2 heterocycles. The van der Waals surface area contributed by atoms with Crippen molar-refractivity contribution in [3.05, 3.63) is 231 Å². The molecule has 0 amide bonds. The number of fused-ring (bicyclic) bond motifs is 6. The Labute approximate surface area is 333 Å². The van der Waals surface area contributed by atoms with Crippen LogP contribution in [0.4, 0.5) is 0 Å². The van der Waals surface area contributed by atoms with Crippen LogP contribution in [0.2, 0.25) is 0 Å². The highest BCUT2D eigenvalue weighted by Crippen LogP contribution is 2.40. The molecule has 0 saturated heterocycles. The molecule has 2 aromatic heterocycles. The summed E-state index contributed by atoms with van der Waals surface area (Å²) in [6, 6.07) is 85.1. The molecule has 0 bridgehead atoms. The van der Waals surface area contributed by atoms with Gasteiger partial charge in [-0.2, -0.15) is 0 Å². The zero-order valence-electron chi connectivity index (χ0n) is 31.3. The molecule has 0 radical (unpaired) electrons. The van der Waals surface area contributed by atoms with Crippen LogP contribution in [0.3, 0.4) is 0 Å². The molecule has 268 valence electrons. The summed E-state index contributed by atoms with van der Waals surface area (Å²) in [6.45, 7) is 0. The molecular formula is C54H38N2Si. The summed E-state index contributed by atoms with van der Waals surface area (Å²) in [4.78, 5) is 0. The lowest BCUT2D eigenvalue weighted by Gasteiger charge is -2.35. The van der Waals surface area contributed by atoms with E-state index < -0.39 is 8.07 Å². The SMILES string of the molecule is c1ccc(-c2ccc(-n3c4ccccc4c4c(-n5c6ccccc6c6c([Si](c7ccccc7)(c7ccccc7)c7ccccc7)cccc65)cccc43)cc2)cc1. The van der Waals surface area contributed by atoms with E-state index in [0.29, 0.717) is 0 Å². The maximum atomic E-state index is 2.53. The van der Waals surface area contributed by atoms with Gasteiger partial charge in [0, 0.05) is 27.2 Å². The molecule has 0 fully saturated rings. The lowest BCUT2D eigenvalue weighted by Crippen LogP contribution is -2.74. The van der Waals surface area contributed by atoms with Gasteiger partial charge in [-0.25, -0.2) is 0 Å². The minimum absolute atomic E-state index is 1.15. The van der Waals surface area contributed by atoms with E-state index in [-0.39, 0.29) is 0 Å². The predicted molar refractivity (Wildman–Crippen MR) is 244 cm³/mol. The smallest absolute Gasteiger partial charge is 0.180 e. The minimum atomic E-state index is -2.85. The Morgan fingerprint density at radius 3 is 1.28 bits per heavy atom. The number of benzene rings is 9. The van der Waals surface area contributed by atoms with Crippen molar-refractivity contribution in [2.24, 2.45) is 0 Å². The molecular weight excluding hydrogens is 705 g/mol. The second-order valence-electron chi connectivity index (χ2n) is 14.8. The van der Waals surface area contributed by atoms with Gasteiger partial charge in [0.1, 0.15) is 0 Å². The van der Waals surface area contributed by atoms with E-state index in [9.17, 15) is 0 Å². The van der Waals surface area contributed by atoms with Crippen LogP contribution in [0, 0.1) is 0 Å². The van der Waals surface area contributed by atoms with Gasteiger partial charge in [0.2, 0.25) is 0 Å². The summed E-state index contributed by atoms with van der Waals surface area (Å²) in [5, 5.41) is 10.6. The number of para-hydroxylation sites is 2. The van der Waals surface area contributed by atoms with E-state index in [1.165, 1.54) is 81.2 Å². The second kappa shape index (κ2) is 13.5. The molecule has 2 nitrogen and oxygen atoms in total. The summed E-state index contributed by atoms with van der Waals surface area (Å²) in [7, 11) is -2.85. The van der Waals surface area contributed by atoms with Crippen LogP contribution in [0.15, 0.2) is 231 Å². The van der Waals surface area contributed by atoms with E-state index in [0.717, 1.165) is 5.69 Å². The van der Waals surface area contributed by atoms with Gasteiger partial charge in [-0.15, -0.1) is 0 Å². The van der Waals surface area contributed by atoms with E-state index in [1.54, 1.807) is 0 Å².